The van der Waals surface area contributed by atoms with Gasteiger partial charge >= 0.3 is 0 Å². The maximum Gasteiger partial charge on any atom is 0.159 e. The van der Waals surface area contributed by atoms with Crippen LogP contribution in [0.15, 0.2) is 48.5 Å². The molecule has 0 heterocycles. The molecule has 0 atom stereocenters. The molecule has 0 spiro atoms. The van der Waals surface area contributed by atoms with Crippen LogP contribution in [0, 0.1) is 0 Å². The van der Waals surface area contributed by atoms with Crippen molar-refractivity contribution in [2.24, 2.45) is 5.73 Å². The lowest BCUT2D eigenvalue weighted by Gasteiger charge is -2.20. The Hall–Kier alpha value is -2.13. The first-order valence-electron chi connectivity index (χ1n) is 6.25. The summed E-state index contributed by atoms with van der Waals surface area (Å²) in [6.07, 6.45) is 0. The van der Waals surface area contributed by atoms with Crippen LogP contribution in [0.25, 0.3) is 0 Å². The summed E-state index contributed by atoms with van der Waals surface area (Å²) in [5.41, 5.74) is 9.48. The largest absolute Gasteiger partial charge is 0.345 e. The molecule has 2 rings (SSSR count). The summed E-state index contributed by atoms with van der Waals surface area (Å²) in [5.74, 6) is 0.0775. The minimum atomic E-state index is 0.0775. The Bertz CT molecular complexity index is 576. The summed E-state index contributed by atoms with van der Waals surface area (Å²) in [4.78, 5) is 13.5. The molecule has 0 aliphatic heterocycles. The molecular weight excluding hydrogens is 236 g/mol. The zero-order chi connectivity index (χ0) is 13.8. The number of benzene rings is 2. The number of nitrogens with two attached hydrogens (primary N) is 1. The van der Waals surface area contributed by atoms with Crippen molar-refractivity contribution in [2.45, 2.75) is 13.5 Å². The number of carbonyl (C=O) groups is 1. The third kappa shape index (κ3) is 3.01. The minimum Gasteiger partial charge on any atom is -0.345 e. The van der Waals surface area contributed by atoms with E-state index in [1.54, 1.807) is 6.92 Å². The SMILES string of the molecule is CC(=O)c1cccc(N(C)c2ccc(CN)cc2)c1. The number of rotatable bonds is 4. The van der Waals surface area contributed by atoms with E-state index in [9.17, 15) is 4.79 Å². The predicted molar refractivity (Wildman–Crippen MR) is 78.8 cm³/mol. The Labute approximate surface area is 113 Å². The molecule has 0 aliphatic rings. The molecular formula is C16H18N2O. The van der Waals surface area contributed by atoms with Gasteiger partial charge in [-0.1, -0.05) is 24.3 Å². The highest BCUT2D eigenvalue weighted by Gasteiger charge is 2.06. The van der Waals surface area contributed by atoms with Crippen molar-refractivity contribution in [3.63, 3.8) is 0 Å². The molecule has 2 N–H and O–H groups in total. The maximum atomic E-state index is 11.4. The Balaban J connectivity index is 2.29. The van der Waals surface area contributed by atoms with Gasteiger partial charge in [-0.15, -0.1) is 0 Å². The quantitative estimate of drug-likeness (QED) is 0.853. The predicted octanol–water partition coefficient (Wildman–Crippen LogP) is 3.12. The second-order valence-corrected chi connectivity index (χ2v) is 4.54. The van der Waals surface area contributed by atoms with Crippen molar-refractivity contribution in [3.05, 3.63) is 59.7 Å². The summed E-state index contributed by atoms with van der Waals surface area (Å²) >= 11 is 0. The number of hydrogen-bond acceptors (Lipinski definition) is 3. The van der Waals surface area contributed by atoms with Crippen LogP contribution in [0.3, 0.4) is 0 Å². The van der Waals surface area contributed by atoms with Crippen LogP contribution < -0.4 is 10.6 Å². The van der Waals surface area contributed by atoms with Gasteiger partial charge in [-0.3, -0.25) is 4.79 Å². The summed E-state index contributed by atoms with van der Waals surface area (Å²) in [6, 6.07) is 15.7. The van der Waals surface area contributed by atoms with Gasteiger partial charge in [0.2, 0.25) is 0 Å². The van der Waals surface area contributed by atoms with Gasteiger partial charge in [-0.05, 0) is 36.8 Å². The van der Waals surface area contributed by atoms with E-state index in [0.717, 1.165) is 22.5 Å². The van der Waals surface area contributed by atoms with Crippen LogP contribution in [0.4, 0.5) is 11.4 Å². The summed E-state index contributed by atoms with van der Waals surface area (Å²) < 4.78 is 0. The number of hydrogen-bond donors (Lipinski definition) is 1. The van der Waals surface area contributed by atoms with E-state index in [0.29, 0.717) is 6.54 Å². The number of ketones is 1. The molecule has 0 aliphatic carbocycles. The summed E-state index contributed by atoms with van der Waals surface area (Å²) in [6.45, 7) is 2.12. The van der Waals surface area contributed by atoms with E-state index in [1.807, 2.05) is 60.5 Å². The molecule has 0 bridgehead atoms. The fourth-order valence-electron chi connectivity index (χ4n) is 1.94. The maximum absolute atomic E-state index is 11.4. The third-order valence-electron chi connectivity index (χ3n) is 3.20. The molecule has 2 aromatic carbocycles. The normalized spacial score (nSPS) is 10.3. The average molecular weight is 254 g/mol. The second-order valence-electron chi connectivity index (χ2n) is 4.54. The van der Waals surface area contributed by atoms with E-state index in [-0.39, 0.29) is 5.78 Å². The molecule has 3 nitrogen and oxygen atoms in total. The highest BCUT2D eigenvalue weighted by molar-refractivity contribution is 5.95. The first-order valence-corrected chi connectivity index (χ1v) is 6.25. The zero-order valence-corrected chi connectivity index (χ0v) is 11.3. The van der Waals surface area contributed by atoms with E-state index < -0.39 is 0 Å². The Morgan fingerprint density at radius 1 is 1.11 bits per heavy atom. The van der Waals surface area contributed by atoms with Gasteiger partial charge in [0.05, 0.1) is 0 Å². The molecule has 98 valence electrons. The van der Waals surface area contributed by atoms with Gasteiger partial charge in [0.1, 0.15) is 0 Å². The van der Waals surface area contributed by atoms with Crippen molar-refractivity contribution in [3.8, 4) is 0 Å². The molecule has 0 saturated heterocycles. The van der Waals surface area contributed by atoms with Gasteiger partial charge in [0.25, 0.3) is 0 Å². The molecule has 3 heteroatoms. The molecule has 0 amide bonds. The van der Waals surface area contributed by atoms with Gasteiger partial charge in [-0.25, -0.2) is 0 Å². The second kappa shape index (κ2) is 5.67. The van der Waals surface area contributed by atoms with Crippen molar-refractivity contribution in [1.82, 2.24) is 0 Å². The Kier molecular flexibility index (Phi) is 3.97. The lowest BCUT2D eigenvalue weighted by molar-refractivity contribution is 0.101. The van der Waals surface area contributed by atoms with Crippen molar-refractivity contribution >= 4 is 17.2 Å². The standard InChI is InChI=1S/C16H18N2O/c1-12(19)14-4-3-5-16(10-14)18(2)15-8-6-13(11-17)7-9-15/h3-10H,11,17H2,1-2H3. The first kappa shape index (κ1) is 13.3. The van der Waals surface area contributed by atoms with Crippen LogP contribution in [0.5, 0.6) is 0 Å². The van der Waals surface area contributed by atoms with Gasteiger partial charge in [-0.2, -0.15) is 0 Å². The first-order chi connectivity index (χ1) is 9.11. The Morgan fingerprint density at radius 3 is 2.37 bits per heavy atom. The van der Waals surface area contributed by atoms with E-state index in [1.165, 1.54) is 0 Å². The summed E-state index contributed by atoms with van der Waals surface area (Å²) in [5, 5.41) is 0. The van der Waals surface area contributed by atoms with E-state index >= 15 is 0 Å². The number of anilines is 2. The molecule has 2 aromatic rings. The molecule has 0 unspecified atom stereocenters. The van der Waals surface area contributed by atoms with E-state index in [2.05, 4.69) is 0 Å². The van der Waals surface area contributed by atoms with Crippen LogP contribution in [-0.4, -0.2) is 12.8 Å². The van der Waals surface area contributed by atoms with E-state index in [4.69, 9.17) is 5.73 Å². The van der Waals surface area contributed by atoms with Crippen molar-refractivity contribution in [1.29, 1.82) is 0 Å². The topological polar surface area (TPSA) is 46.3 Å². The molecule has 0 saturated carbocycles. The zero-order valence-electron chi connectivity index (χ0n) is 11.3. The minimum absolute atomic E-state index is 0.0775. The number of nitrogens with zero attached hydrogens (tertiary/aromatic N) is 1. The molecule has 19 heavy (non-hydrogen) atoms. The highest BCUT2D eigenvalue weighted by atomic mass is 16.1. The van der Waals surface area contributed by atoms with Crippen LogP contribution in [-0.2, 0) is 6.54 Å². The van der Waals surface area contributed by atoms with Crippen LogP contribution in [0.2, 0.25) is 0 Å². The number of carbonyl (C=O) groups excluding carboxylic acids is 1. The third-order valence-corrected chi connectivity index (χ3v) is 3.20. The smallest absolute Gasteiger partial charge is 0.159 e. The molecule has 0 fully saturated rings. The molecule has 0 aromatic heterocycles. The van der Waals surface area contributed by atoms with Gasteiger partial charge in [0, 0.05) is 30.5 Å². The Morgan fingerprint density at radius 2 is 1.79 bits per heavy atom. The number of Topliss-reactive ketones (excluding diaryl/α,β-unsaturated/α-hetero) is 1. The monoisotopic (exact) mass is 254 g/mol. The molecule has 0 radical (unpaired) electrons. The lowest BCUT2D eigenvalue weighted by Crippen LogP contribution is -2.10. The van der Waals surface area contributed by atoms with Crippen LogP contribution in [0.1, 0.15) is 22.8 Å². The lowest BCUT2D eigenvalue weighted by atomic mass is 10.1. The van der Waals surface area contributed by atoms with Crippen molar-refractivity contribution in [2.75, 3.05) is 11.9 Å². The fourth-order valence-corrected chi connectivity index (χ4v) is 1.94. The van der Waals surface area contributed by atoms with Crippen LogP contribution >= 0.6 is 0 Å². The highest BCUT2D eigenvalue weighted by Crippen LogP contribution is 2.24. The fraction of sp³-hybridized carbons (Fsp3) is 0.188. The van der Waals surface area contributed by atoms with Gasteiger partial charge in [0.15, 0.2) is 5.78 Å². The average Bonchev–Trinajstić information content (AvgIpc) is 2.46. The van der Waals surface area contributed by atoms with Crippen molar-refractivity contribution < 1.29 is 4.79 Å². The summed E-state index contributed by atoms with van der Waals surface area (Å²) in [7, 11) is 1.98. The van der Waals surface area contributed by atoms with Gasteiger partial charge < -0.3 is 10.6 Å².